The summed E-state index contributed by atoms with van der Waals surface area (Å²) in [5.74, 6) is 2.51. The van der Waals surface area contributed by atoms with Crippen molar-refractivity contribution < 1.29 is 0 Å². The second-order valence-electron chi connectivity index (χ2n) is 6.77. The SMILES string of the molecule is Cc1ccc(C=P(c2ccccc2)(c2ccccc2)c2ccccc2)cc1. The van der Waals surface area contributed by atoms with Gasteiger partial charge in [0.2, 0.25) is 0 Å². The molecule has 0 aromatic heterocycles. The Hall–Kier alpha value is -2.82. The Morgan fingerprint density at radius 2 is 0.852 bits per heavy atom. The van der Waals surface area contributed by atoms with Crippen LogP contribution in [0.1, 0.15) is 11.1 Å². The highest BCUT2D eigenvalue weighted by atomic mass is 31.2. The fraction of sp³-hybridized carbons (Fsp3) is 0.0385. The van der Waals surface area contributed by atoms with E-state index in [2.05, 4.69) is 128 Å². The van der Waals surface area contributed by atoms with E-state index >= 15 is 0 Å². The minimum Gasteiger partial charge on any atom is -0.0622 e. The summed E-state index contributed by atoms with van der Waals surface area (Å²) in [6.45, 7) is 0.221. The highest BCUT2D eigenvalue weighted by Gasteiger charge is 2.24. The predicted octanol–water partition coefficient (Wildman–Crippen LogP) is 5.14. The fourth-order valence-corrected chi connectivity index (χ4v) is 7.42. The van der Waals surface area contributed by atoms with Gasteiger partial charge in [-0.1, -0.05) is 121 Å². The lowest BCUT2D eigenvalue weighted by atomic mass is 10.2. The molecule has 0 unspecified atom stereocenters. The van der Waals surface area contributed by atoms with Gasteiger partial charge in [0.25, 0.3) is 0 Å². The summed E-state index contributed by atoms with van der Waals surface area (Å²) in [7, 11) is 0. The van der Waals surface area contributed by atoms with Crippen LogP contribution in [0.5, 0.6) is 0 Å². The van der Waals surface area contributed by atoms with Gasteiger partial charge in [0.1, 0.15) is 0 Å². The largest absolute Gasteiger partial charge is 0.0622 e. The van der Waals surface area contributed by atoms with Crippen LogP contribution in [0.2, 0.25) is 0 Å². The molecule has 0 bridgehead atoms. The molecule has 4 rings (SSSR count). The van der Waals surface area contributed by atoms with Crippen LogP contribution in [0.25, 0.3) is 0 Å². The monoisotopic (exact) mass is 366 g/mol. The minimum absolute atomic E-state index is 1.27. The molecule has 0 heterocycles. The first-order valence-corrected chi connectivity index (χ1v) is 11.1. The summed E-state index contributed by atoms with van der Waals surface area (Å²) in [6.07, 6.45) is 0. The van der Waals surface area contributed by atoms with E-state index in [4.69, 9.17) is 0 Å². The van der Waals surface area contributed by atoms with Crippen molar-refractivity contribution in [3.8, 4) is 0 Å². The molecular weight excluding hydrogens is 343 g/mol. The van der Waals surface area contributed by atoms with Crippen LogP contribution in [-0.4, -0.2) is 5.80 Å². The van der Waals surface area contributed by atoms with E-state index in [-0.39, 0.29) is 0 Å². The maximum Gasteiger partial charge on any atom is -0.0160 e. The molecule has 0 amide bonds. The molecule has 0 atom stereocenters. The number of benzene rings is 4. The summed E-state index contributed by atoms with van der Waals surface area (Å²) < 4.78 is 0. The second kappa shape index (κ2) is 7.82. The van der Waals surface area contributed by atoms with Crippen molar-refractivity contribution in [3.63, 3.8) is 0 Å². The molecule has 0 fully saturated rings. The van der Waals surface area contributed by atoms with Crippen molar-refractivity contribution in [2.45, 2.75) is 6.92 Å². The Morgan fingerprint density at radius 3 is 1.22 bits per heavy atom. The average molecular weight is 366 g/mol. The van der Waals surface area contributed by atoms with E-state index in [0.29, 0.717) is 0 Å². The molecule has 1 heteroatoms. The summed E-state index contributed by atoms with van der Waals surface area (Å²) >= 11 is 0. The Bertz CT molecular complexity index is 944. The highest BCUT2D eigenvalue weighted by Crippen LogP contribution is 2.44. The van der Waals surface area contributed by atoms with Crippen LogP contribution in [0, 0.1) is 6.92 Å². The zero-order chi connectivity index (χ0) is 18.5. The van der Waals surface area contributed by atoms with Gasteiger partial charge in [0, 0.05) is 0 Å². The molecule has 0 aliphatic carbocycles. The lowest BCUT2D eigenvalue weighted by Crippen LogP contribution is -2.27. The van der Waals surface area contributed by atoms with Crippen molar-refractivity contribution in [2.75, 3.05) is 0 Å². The Labute approximate surface area is 162 Å². The van der Waals surface area contributed by atoms with Crippen molar-refractivity contribution in [3.05, 3.63) is 126 Å². The smallest absolute Gasteiger partial charge is 0.0160 e. The molecule has 0 radical (unpaired) electrons. The molecular formula is C26H23P. The quantitative estimate of drug-likeness (QED) is 0.439. The van der Waals surface area contributed by atoms with E-state index in [1.165, 1.54) is 27.0 Å². The standard InChI is InChI=1S/C26H23P/c1-22-17-19-23(20-18-22)21-27(24-11-5-2-6-12-24,25-13-7-3-8-14-25)26-15-9-4-10-16-26/h2-21H,1H3. The van der Waals surface area contributed by atoms with Crippen molar-refractivity contribution in [1.29, 1.82) is 0 Å². The van der Waals surface area contributed by atoms with Gasteiger partial charge in [-0.05, 0) is 41.1 Å². The summed E-state index contributed by atoms with van der Waals surface area (Å²) in [4.78, 5) is 0. The van der Waals surface area contributed by atoms with Crippen molar-refractivity contribution in [2.24, 2.45) is 0 Å². The molecule has 4 aromatic rings. The highest BCUT2D eigenvalue weighted by molar-refractivity contribution is 7.94. The van der Waals surface area contributed by atoms with Crippen molar-refractivity contribution in [1.82, 2.24) is 0 Å². The molecule has 4 aromatic carbocycles. The van der Waals surface area contributed by atoms with E-state index in [1.54, 1.807) is 0 Å². The van der Waals surface area contributed by atoms with Crippen LogP contribution in [0.4, 0.5) is 0 Å². The summed E-state index contributed by atoms with van der Waals surface area (Å²) in [5, 5.41) is 4.13. The molecule has 0 spiro atoms. The van der Waals surface area contributed by atoms with Gasteiger partial charge in [-0.15, -0.1) is 0 Å². The predicted molar refractivity (Wildman–Crippen MR) is 121 cm³/mol. The molecule has 0 aliphatic heterocycles. The van der Waals surface area contributed by atoms with Crippen molar-refractivity contribution >= 4 is 28.6 Å². The van der Waals surface area contributed by atoms with Gasteiger partial charge in [-0.3, -0.25) is 0 Å². The molecule has 0 aliphatic rings. The fourth-order valence-electron chi connectivity index (χ4n) is 3.54. The maximum atomic E-state index is 2.51. The third-order valence-electron chi connectivity index (χ3n) is 4.91. The van der Waals surface area contributed by atoms with Crippen LogP contribution >= 0.6 is 6.89 Å². The Morgan fingerprint density at radius 1 is 0.481 bits per heavy atom. The zero-order valence-electron chi connectivity index (χ0n) is 15.5. The van der Waals surface area contributed by atoms with Gasteiger partial charge in [0.05, 0.1) is 0 Å². The lowest BCUT2D eigenvalue weighted by Gasteiger charge is -2.29. The van der Waals surface area contributed by atoms with Gasteiger partial charge < -0.3 is 0 Å². The van der Waals surface area contributed by atoms with E-state index < -0.39 is 6.89 Å². The number of aryl methyl sites for hydroxylation is 1. The molecule has 0 saturated heterocycles. The first-order valence-electron chi connectivity index (χ1n) is 9.27. The third-order valence-corrected chi connectivity index (χ3v) is 8.93. The Balaban J connectivity index is 2.11. The van der Waals surface area contributed by atoms with Gasteiger partial charge >= 0.3 is 0 Å². The topological polar surface area (TPSA) is 0 Å². The van der Waals surface area contributed by atoms with Gasteiger partial charge in [-0.25, -0.2) is 0 Å². The van der Waals surface area contributed by atoms with Gasteiger partial charge in [0.15, 0.2) is 0 Å². The lowest BCUT2D eigenvalue weighted by molar-refractivity contribution is 1.47. The minimum atomic E-state index is -1.92. The number of rotatable bonds is 4. The molecule has 0 N–H and O–H groups in total. The van der Waals surface area contributed by atoms with Crippen LogP contribution in [0.3, 0.4) is 0 Å². The zero-order valence-corrected chi connectivity index (χ0v) is 16.4. The first-order chi connectivity index (χ1) is 13.3. The normalized spacial score (nSPS) is 11.1. The van der Waals surface area contributed by atoms with E-state index in [0.717, 1.165) is 0 Å². The first kappa shape index (κ1) is 17.6. The molecule has 132 valence electrons. The number of hydrogen-bond acceptors (Lipinski definition) is 0. The van der Waals surface area contributed by atoms with Crippen LogP contribution in [-0.2, 0) is 0 Å². The maximum absolute atomic E-state index is 2.51. The van der Waals surface area contributed by atoms with E-state index in [1.807, 2.05) is 0 Å². The second-order valence-corrected chi connectivity index (χ2v) is 10.0. The average Bonchev–Trinajstić information content (AvgIpc) is 2.75. The third kappa shape index (κ3) is 3.54. The molecule has 0 saturated carbocycles. The summed E-state index contributed by atoms with van der Waals surface area (Å²) in [5.41, 5.74) is 2.56. The van der Waals surface area contributed by atoms with E-state index in [9.17, 15) is 0 Å². The Kier molecular flexibility index (Phi) is 5.10. The molecule has 27 heavy (non-hydrogen) atoms. The molecule has 0 nitrogen and oxygen atoms in total. The number of hydrogen-bond donors (Lipinski definition) is 0. The van der Waals surface area contributed by atoms with Crippen LogP contribution in [0.15, 0.2) is 115 Å². The van der Waals surface area contributed by atoms with Crippen LogP contribution < -0.4 is 15.9 Å². The summed E-state index contributed by atoms with van der Waals surface area (Å²) in [6, 6.07) is 41.7. The van der Waals surface area contributed by atoms with Gasteiger partial charge in [-0.2, -0.15) is 0 Å².